The molecule has 0 aromatic heterocycles. The Morgan fingerprint density at radius 2 is 2.16 bits per heavy atom. The van der Waals surface area contributed by atoms with Gasteiger partial charge in [-0.25, -0.2) is 0 Å². The number of ether oxygens (including phenoxy) is 1. The van der Waals surface area contributed by atoms with Crippen LogP contribution in [0.5, 0.6) is 5.75 Å². The van der Waals surface area contributed by atoms with E-state index in [0.29, 0.717) is 11.8 Å². The molecule has 2 fully saturated rings. The van der Waals surface area contributed by atoms with Crippen LogP contribution in [0.25, 0.3) is 0 Å². The molecule has 100 valence electrons. The van der Waals surface area contributed by atoms with Crippen LogP contribution in [0.4, 0.5) is 0 Å². The van der Waals surface area contributed by atoms with Crippen molar-refractivity contribution in [3.8, 4) is 5.75 Å². The molecule has 0 saturated carbocycles. The van der Waals surface area contributed by atoms with E-state index in [1.165, 1.54) is 6.42 Å². The van der Waals surface area contributed by atoms with Gasteiger partial charge in [0.05, 0.1) is 11.5 Å². The fourth-order valence-electron chi connectivity index (χ4n) is 4.12. The Balaban J connectivity index is 1.79. The number of carbonyl (C=O) groups is 1. The summed E-state index contributed by atoms with van der Waals surface area (Å²) in [7, 11) is 0. The molecule has 2 saturated heterocycles. The lowest BCUT2D eigenvalue weighted by Crippen LogP contribution is -2.54. The minimum atomic E-state index is 0.0600. The van der Waals surface area contributed by atoms with Crippen molar-refractivity contribution in [1.82, 2.24) is 4.90 Å². The summed E-state index contributed by atoms with van der Waals surface area (Å²) in [5.74, 6) is 1.18. The van der Waals surface area contributed by atoms with Gasteiger partial charge in [0, 0.05) is 12.6 Å². The van der Waals surface area contributed by atoms with Crippen LogP contribution in [0.1, 0.15) is 35.2 Å². The van der Waals surface area contributed by atoms with Gasteiger partial charge in [0.2, 0.25) is 0 Å². The average Bonchev–Trinajstić information content (AvgIpc) is 2.86. The molecule has 0 N–H and O–H groups in total. The van der Waals surface area contributed by atoms with Crippen molar-refractivity contribution >= 4 is 5.78 Å². The SMILES string of the molecule is Cc1cccc2c1C(=O)[C@@H]1[C@@H](CCN3CCC[C@@H]13)O2. The molecule has 0 radical (unpaired) electrons. The van der Waals surface area contributed by atoms with E-state index in [9.17, 15) is 4.79 Å². The number of ketones is 1. The molecule has 0 unspecified atom stereocenters. The Kier molecular flexibility index (Phi) is 2.46. The van der Waals surface area contributed by atoms with Crippen molar-refractivity contribution in [2.75, 3.05) is 13.1 Å². The molecule has 0 amide bonds. The summed E-state index contributed by atoms with van der Waals surface area (Å²) in [6, 6.07) is 6.35. The maximum atomic E-state index is 12.9. The van der Waals surface area contributed by atoms with Gasteiger partial charge in [0.1, 0.15) is 11.9 Å². The maximum Gasteiger partial charge on any atom is 0.175 e. The Morgan fingerprint density at radius 1 is 1.26 bits per heavy atom. The zero-order valence-electron chi connectivity index (χ0n) is 11.3. The van der Waals surface area contributed by atoms with E-state index in [1.807, 2.05) is 25.1 Å². The van der Waals surface area contributed by atoms with Crippen molar-refractivity contribution in [2.24, 2.45) is 5.92 Å². The molecule has 0 aliphatic carbocycles. The number of piperidine rings is 1. The highest BCUT2D eigenvalue weighted by Gasteiger charge is 2.48. The normalized spacial score (nSPS) is 33.3. The van der Waals surface area contributed by atoms with E-state index in [1.54, 1.807) is 0 Å². The average molecular weight is 257 g/mol. The zero-order chi connectivity index (χ0) is 13.0. The fourth-order valence-corrected chi connectivity index (χ4v) is 4.12. The molecular weight excluding hydrogens is 238 g/mol. The van der Waals surface area contributed by atoms with E-state index in [0.717, 1.165) is 42.8 Å². The summed E-state index contributed by atoms with van der Waals surface area (Å²) in [4.78, 5) is 15.4. The maximum absolute atomic E-state index is 12.9. The van der Waals surface area contributed by atoms with Gasteiger partial charge in [0.25, 0.3) is 0 Å². The standard InChI is InChI=1S/C16H19NO2/c1-10-4-2-6-12-14(10)16(18)15-11-5-3-8-17(11)9-7-13(15)19-12/h2,4,6,11,13,15H,3,5,7-9H2,1H3/t11-,13+,15-/m0/s1. The van der Waals surface area contributed by atoms with Gasteiger partial charge in [0.15, 0.2) is 5.78 Å². The predicted molar refractivity (Wildman–Crippen MR) is 72.6 cm³/mol. The molecule has 0 bridgehead atoms. The molecule has 3 atom stereocenters. The number of Topliss-reactive ketones (excluding diaryl/α,β-unsaturated/α-hetero) is 1. The third kappa shape index (κ3) is 1.57. The van der Waals surface area contributed by atoms with Crippen molar-refractivity contribution in [3.05, 3.63) is 29.3 Å². The number of hydrogen-bond acceptors (Lipinski definition) is 3. The molecule has 19 heavy (non-hydrogen) atoms. The van der Waals surface area contributed by atoms with Gasteiger partial charge in [-0.05, 0) is 44.4 Å². The van der Waals surface area contributed by atoms with Crippen LogP contribution >= 0.6 is 0 Å². The highest BCUT2D eigenvalue weighted by molar-refractivity contribution is 6.03. The lowest BCUT2D eigenvalue weighted by atomic mass is 9.78. The Morgan fingerprint density at radius 3 is 3.05 bits per heavy atom. The number of fused-ring (bicyclic) bond motifs is 4. The topological polar surface area (TPSA) is 29.5 Å². The van der Waals surface area contributed by atoms with Gasteiger partial charge in [-0.1, -0.05) is 12.1 Å². The smallest absolute Gasteiger partial charge is 0.175 e. The summed E-state index contributed by atoms with van der Waals surface area (Å²) < 4.78 is 6.15. The summed E-state index contributed by atoms with van der Waals surface area (Å²) in [5, 5.41) is 0. The minimum absolute atomic E-state index is 0.0600. The predicted octanol–water partition coefficient (Wildman–Crippen LogP) is 2.42. The molecule has 4 rings (SSSR count). The van der Waals surface area contributed by atoms with Crippen LogP contribution in [0, 0.1) is 12.8 Å². The Bertz CT molecular complexity index is 540. The number of rotatable bonds is 0. The van der Waals surface area contributed by atoms with E-state index in [2.05, 4.69) is 4.90 Å². The number of nitrogens with zero attached hydrogens (tertiary/aromatic N) is 1. The Hall–Kier alpha value is -1.35. The van der Waals surface area contributed by atoms with Crippen LogP contribution in [0.3, 0.4) is 0 Å². The summed E-state index contributed by atoms with van der Waals surface area (Å²) in [6.07, 6.45) is 3.46. The van der Waals surface area contributed by atoms with E-state index in [-0.39, 0.29) is 12.0 Å². The van der Waals surface area contributed by atoms with E-state index < -0.39 is 0 Å². The number of hydrogen-bond donors (Lipinski definition) is 0. The van der Waals surface area contributed by atoms with Crippen LogP contribution in [-0.2, 0) is 0 Å². The highest BCUT2D eigenvalue weighted by atomic mass is 16.5. The molecule has 1 aromatic rings. The third-order valence-corrected chi connectivity index (χ3v) is 4.99. The second-order valence-corrected chi connectivity index (χ2v) is 6.03. The first-order chi connectivity index (χ1) is 9.25. The van der Waals surface area contributed by atoms with Crippen LogP contribution in [0.15, 0.2) is 18.2 Å². The summed E-state index contributed by atoms with van der Waals surface area (Å²) in [6.45, 7) is 4.25. The van der Waals surface area contributed by atoms with Gasteiger partial charge >= 0.3 is 0 Å². The second-order valence-electron chi connectivity index (χ2n) is 6.03. The fraction of sp³-hybridized carbons (Fsp3) is 0.562. The first-order valence-electron chi connectivity index (χ1n) is 7.30. The first kappa shape index (κ1) is 11.5. The summed E-state index contributed by atoms with van der Waals surface area (Å²) >= 11 is 0. The molecular formula is C16H19NO2. The monoisotopic (exact) mass is 257 g/mol. The van der Waals surface area contributed by atoms with Gasteiger partial charge in [-0.15, -0.1) is 0 Å². The molecule has 3 heteroatoms. The molecule has 3 aliphatic rings. The van der Waals surface area contributed by atoms with E-state index >= 15 is 0 Å². The summed E-state index contributed by atoms with van der Waals surface area (Å²) in [5.41, 5.74) is 1.88. The van der Waals surface area contributed by atoms with Gasteiger partial charge < -0.3 is 4.74 Å². The number of benzene rings is 1. The first-order valence-corrected chi connectivity index (χ1v) is 7.30. The van der Waals surface area contributed by atoms with Gasteiger partial charge in [-0.3, -0.25) is 9.69 Å². The van der Waals surface area contributed by atoms with Crippen molar-refractivity contribution in [1.29, 1.82) is 0 Å². The van der Waals surface area contributed by atoms with Crippen molar-refractivity contribution < 1.29 is 9.53 Å². The number of aryl methyl sites for hydroxylation is 1. The largest absolute Gasteiger partial charge is 0.489 e. The molecule has 1 aromatic carbocycles. The van der Waals surface area contributed by atoms with E-state index in [4.69, 9.17) is 4.74 Å². The highest BCUT2D eigenvalue weighted by Crippen LogP contribution is 2.41. The molecule has 3 aliphatic heterocycles. The van der Waals surface area contributed by atoms with Crippen LogP contribution < -0.4 is 4.74 Å². The lowest BCUT2D eigenvalue weighted by molar-refractivity contribution is 0.0103. The Labute approximate surface area is 113 Å². The third-order valence-electron chi connectivity index (χ3n) is 4.99. The lowest BCUT2D eigenvalue weighted by Gasteiger charge is -2.44. The quantitative estimate of drug-likeness (QED) is 0.715. The molecule has 3 heterocycles. The zero-order valence-corrected chi connectivity index (χ0v) is 11.3. The van der Waals surface area contributed by atoms with Gasteiger partial charge in [-0.2, -0.15) is 0 Å². The van der Waals surface area contributed by atoms with Crippen molar-refractivity contribution in [3.63, 3.8) is 0 Å². The molecule has 0 spiro atoms. The van der Waals surface area contributed by atoms with Crippen LogP contribution in [-0.4, -0.2) is 35.9 Å². The number of carbonyl (C=O) groups excluding carboxylic acids is 1. The minimum Gasteiger partial charge on any atom is -0.489 e. The second kappa shape index (κ2) is 4.07. The molecule has 3 nitrogen and oxygen atoms in total. The van der Waals surface area contributed by atoms with Crippen LogP contribution in [0.2, 0.25) is 0 Å². The van der Waals surface area contributed by atoms with Crippen molar-refractivity contribution in [2.45, 2.75) is 38.3 Å².